The van der Waals surface area contributed by atoms with E-state index in [1.165, 1.54) is 11.2 Å². The lowest BCUT2D eigenvalue weighted by molar-refractivity contribution is -0.144. The Hall–Kier alpha value is -4.13. The molecule has 3 N–H and O–H groups in total. The van der Waals surface area contributed by atoms with Gasteiger partial charge in [0.15, 0.2) is 0 Å². The van der Waals surface area contributed by atoms with Crippen LogP contribution >= 0.6 is 0 Å². The summed E-state index contributed by atoms with van der Waals surface area (Å²) in [6.07, 6.45) is 6.18. The van der Waals surface area contributed by atoms with E-state index < -0.39 is 35.4 Å². The zero-order chi connectivity index (χ0) is 27.7. The van der Waals surface area contributed by atoms with Crippen molar-refractivity contribution >= 4 is 23.4 Å². The molecule has 1 aromatic carbocycles. The highest BCUT2D eigenvalue weighted by Crippen LogP contribution is 2.40. The molecule has 0 unspecified atom stereocenters. The van der Waals surface area contributed by atoms with Crippen LogP contribution < -0.4 is 10.6 Å². The summed E-state index contributed by atoms with van der Waals surface area (Å²) in [6, 6.07) is 5.38. The fourth-order valence-electron chi connectivity index (χ4n) is 4.86. The zero-order valence-corrected chi connectivity index (χ0v) is 22.2. The van der Waals surface area contributed by atoms with Crippen molar-refractivity contribution in [3.8, 4) is 5.69 Å². The lowest BCUT2D eigenvalue weighted by atomic mass is 9.85. The van der Waals surface area contributed by atoms with E-state index >= 15 is 0 Å². The SMILES string of the molecule is CC(C)(C)[C@@H](C(=O)N1C[C@H](O)C[C@H]1C(=O)NCC(=O)Nc1ccc(-n2cncn2)cc1)n1cc(C2CC2)nn1. The summed E-state index contributed by atoms with van der Waals surface area (Å²) in [5, 5.41) is 28.3. The van der Waals surface area contributed by atoms with Gasteiger partial charge in [-0.25, -0.2) is 14.3 Å². The average molecular weight is 536 g/mol. The van der Waals surface area contributed by atoms with Crippen molar-refractivity contribution in [1.82, 2.24) is 40.0 Å². The van der Waals surface area contributed by atoms with E-state index in [9.17, 15) is 19.5 Å². The summed E-state index contributed by atoms with van der Waals surface area (Å²) in [6.45, 7) is 5.53. The zero-order valence-electron chi connectivity index (χ0n) is 22.2. The number of amides is 3. The van der Waals surface area contributed by atoms with Gasteiger partial charge in [0.05, 0.1) is 24.0 Å². The van der Waals surface area contributed by atoms with Crippen LogP contribution in [-0.4, -0.2) is 82.7 Å². The molecule has 2 fully saturated rings. The Labute approximate surface area is 225 Å². The summed E-state index contributed by atoms with van der Waals surface area (Å²) >= 11 is 0. The highest BCUT2D eigenvalue weighted by molar-refractivity contribution is 5.96. The van der Waals surface area contributed by atoms with Crippen LogP contribution in [0.15, 0.2) is 43.1 Å². The quantitative estimate of drug-likeness (QED) is 0.386. The number of likely N-dealkylation sites (tertiary alicyclic amines) is 1. The number of aromatic nitrogens is 6. The van der Waals surface area contributed by atoms with Crippen LogP contribution in [0, 0.1) is 5.41 Å². The molecule has 3 atom stereocenters. The van der Waals surface area contributed by atoms with Crippen LogP contribution in [0.3, 0.4) is 0 Å². The Balaban J connectivity index is 1.21. The Morgan fingerprint density at radius 1 is 1.15 bits per heavy atom. The molecule has 0 bridgehead atoms. The molecule has 3 aromatic rings. The first-order chi connectivity index (χ1) is 18.6. The molecule has 5 rings (SSSR count). The normalized spacial score (nSPS) is 20.1. The Morgan fingerprint density at radius 3 is 2.54 bits per heavy atom. The van der Waals surface area contributed by atoms with E-state index in [-0.39, 0.29) is 25.4 Å². The van der Waals surface area contributed by atoms with Crippen molar-refractivity contribution in [2.75, 3.05) is 18.4 Å². The smallest absolute Gasteiger partial charge is 0.248 e. The number of rotatable bonds is 8. The number of β-amino-alcohol motifs (C(OH)–C–C–N with tert-alkyl or cyclic N) is 1. The van der Waals surface area contributed by atoms with E-state index in [0.717, 1.165) is 24.2 Å². The highest BCUT2D eigenvalue weighted by atomic mass is 16.3. The predicted molar refractivity (Wildman–Crippen MR) is 140 cm³/mol. The molecule has 0 radical (unpaired) electrons. The van der Waals surface area contributed by atoms with Gasteiger partial charge in [-0.1, -0.05) is 26.0 Å². The highest BCUT2D eigenvalue weighted by Gasteiger charge is 2.45. The first kappa shape index (κ1) is 26.5. The van der Waals surface area contributed by atoms with Crippen LogP contribution in [0.2, 0.25) is 0 Å². The van der Waals surface area contributed by atoms with Crippen molar-refractivity contribution < 1.29 is 19.5 Å². The molecule has 1 saturated carbocycles. The van der Waals surface area contributed by atoms with Gasteiger partial charge in [0.25, 0.3) is 0 Å². The van der Waals surface area contributed by atoms with E-state index in [4.69, 9.17) is 0 Å². The summed E-state index contributed by atoms with van der Waals surface area (Å²) in [5.74, 6) is -0.847. The molecule has 13 heteroatoms. The minimum absolute atomic E-state index is 0.0258. The lowest BCUT2D eigenvalue weighted by Crippen LogP contribution is -2.51. The fourth-order valence-corrected chi connectivity index (χ4v) is 4.86. The van der Waals surface area contributed by atoms with Crippen LogP contribution in [-0.2, 0) is 14.4 Å². The number of nitrogens with one attached hydrogen (secondary N) is 2. The number of benzene rings is 1. The maximum Gasteiger partial charge on any atom is 0.248 e. The molecule has 206 valence electrons. The number of carbonyl (C=O) groups is 3. The minimum atomic E-state index is -0.904. The van der Waals surface area contributed by atoms with Crippen molar-refractivity contribution in [3.05, 3.63) is 48.8 Å². The topological polar surface area (TPSA) is 160 Å². The van der Waals surface area contributed by atoms with Gasteiger partial charge in [-0.2, -0.15) is 5.10 Å². The van der Waals surface area contributed by atoms with Gasteiger partial charge < -0.3 is 20.6 Å². The van der Waals surface area contributed by atoms with Gasteiger partial charge in [-0.15, -0.1) is 5.10 Å². The molecule has 0 spiro atoms. The molecular formula is C26H33N9O4. The van der Waals surface area contributed by atoms with Gasteiger partial charge in [-0.05, 0) is 42.5 Å². The van der Waals surface area contributed by atoms with Gasteiger partial charge in [-0.3, -0.25) is 14.4 Å². The first-order valence-electron chi connectivity index (χ1n) is 13.0. The lowest BCUT2D eigenvalue weighted by Gasteiger charge is -2.34. The van der Waals surface area contributed by atoms with Crippen molar-refractivity contribution in [3.63, 3.8) is 0 Å². The second-order valence-corrected chi connectivity index (χ2v) is 11.2. The molecule has 3 heterocycles. The van der Waals surface area contributed by atoms with Gasteiger partial charge in [0.2, 0.25) is 17.7 Å². The molecule has 2 aromatic heterocycles. The standard InChI is InChI=1S/C26H33N9O4/c1-26(2,3)23(34-13-20(31-32-34)16-4-5-16)25(39)33-12-19(36)10-21(33)24(38)28-11-22(37)30-17-6-8-18(9-7-17)35-15-27-14-29-35/h6-9,13-16,19,21,23,36H,4-5,10-12H2,1-3H3,(H,28,38)(H,30,37)/t19-,21+,23-/m1/s1. The summed E-state index contributed by atoms with van der Waals surface area (Å²) in [7, 11) is 0. The van der Waals surface area contributed by atoms with Crippen LogP contribution in [0.5, 0.6) is 0 Å². The third-order valence-corrected chi connectivity index (χ3v) is 6.96. The molecule has 1 saturated heterocycles. The van der Waals surface area contributed by atoms with E-state index in [2.05, 4.69) is 31.0 Å². The van der Waals surface area contributed by atoms with Gasteiger partial charge in [0.1, 0.15) is 24.7 Å². The Bertz CT molecular complexity index is 1330. The number of nitrogens with zero attached hydrogens (tertiary/aromatic N) is 7. The molecule has 3 amide bonds. The number of hydrogen-bond donors (Lipinski definition) is 3. The number of aliphatic hydroxyl groups excluding tert-OH is 1. The maximum atomic E-state index is 13.8. The Kier molecular flexibility index (Phi) is 7.17. The van der Waals surface area contributed by atoms with Crippen LogP contribution in [0.4, 0.5) is 5.69 Å². The molecule has 39 heavy (non-hydrogen) atoms. The van der Waals surface area contributed by atoms with Crippen LogP contribution in [0.25, 0.3) is 5.69 Å². The number of anilines is 1. The summed E-state index contributed by atoms with van der Waals surface area (Å²) in [5.41, 5.74) is 1.68. The number of hydrogen-bond acceptors (Lipinski definition) is 8. The van der Waals surface area contributed by atoms with Crippen LogP contribution in [0.1, 0.15) is 57.7 Å². The molecular weight excluding hydrogens is 502 g/mol. The number of aliphatic hydroxyl groups is 1. The molecule has 2 aliphatic rings. The third kappa shape index (κ3) is 5.98. The predicted octanol–water partition coefficient (Wildman–Crippen LogP) is 1.04. The number of carbonyl (C=O) groups excluding carboxylic acids is 3. The maximum absolute atomic E-state index is 13.8. The second kappa shape index (κ2) is 10.6. The van der Waals surface area contributed by atoms with Crippen molar-refractivity contribution in [1.29, 1.82) is 0 Å². The van der Waals surface area contributed by atoms with E-state index in [0.29, 0.717) is 11.6 Å². The summed E-state index contributed by atoms with van der Waals surface area (Å²) in [4.78, 5) is 44.7. The second-order valence-electron chi connectivity index (χ2n) is 11.2. The monoisotopic (exact) mass is 535 g/mol. The van der Waals surface area contributed by atoms with E-state index in [1.54, 1.807) is 40.0 Å². The van der Waals surface area contributed by atoms with Gasteiger partial charge >= 0.3 is 0 Å². The van der Waals surface area contributed by atoms with Crippen molar-refractivity contribution in [2.45, 2.75) is 64.1 Å². The largest absolute Gasteiger partial charge is 0.391 e. The molecule has 13 nitrogen and oxygen atoms in total. The third-order valence-electron chi connectivity index (χ3n) is 6.96. The molecule has 1 aliphatic carbocycles. The fraction of sp³-hybridized carbons (Fsp3) is 0.500. The van der Waals surface area contributed by atoms with Crippen molar-refractivity contribution in [2.24, 2.45) is 5.41 Å². The van der Waals surface area contributed by atoms with E-state index in [1.807, 2.05) is 27.0 Å². The molecule has 1 aliphatic heterocycles. The minimum Gasteiger partial charge on any atom is -0.391 e. The van der Waals surface area contributed by atoms with Gasteiger partial charge in [0, 0.05) is 30.8 Å². The average Bonchev–Trinajstić information content (AvgIpc) is 3.25. The first-order valence-corrected chi connectivity index (χ1v) is 13.0. The summed E-state index contributed by atoms with van der Waals surface area (Å²) < 4.78 is 3.17. The Morgan fingerprint density at radius 2 is 1.90 bits per heavy atom.